The van der Waals surface area contributed by atoms with E-state index in [1.54, 1.807) is 32.2 Å². The number of hydrogen-bond acceptors (Lipinski definition) is 7. The summed E-state index contributed by atoms with van der Waals surface area (Å²) in [5, 5.41) is 29.9. The quantitative estimate of drug-likeness (QED) is 0.372. The molecule has 2 aromatic rings. The number of nitrogens with one attached hydrogen (secondary N) is 3. The van der Waals surface area contributed by atoms with Crippen LogP contribution in [-0.2, 0) is 20.8 Å². The Bertz CT molecular complexity index is 1250. The van der Waals surface area contributed by atoms with Gasteiger partial charge in [-0.15, -0.1) is 0 Å². The van der Waals surface area contributed by atoms with Crippen molar-refractivity contribution in [2.45, 2.75) is 63.8 Å². The highest BCUT2D eigenvalue weighted by Crippen LogP contribution is 2.37. The van der Waals surface area contributed by atoms with E-state index >= 15 is 0 Å². The summed E-state index contributed by atoms with van der Waals surface area (Å²) >= 11 is 0. The van der Waals surface area contributed by atoms with Crippen molar-refractivity contribution >= 4 is 17.7 Å². The number of phenols is 1. The summed E-state index contributed by atoms with van der Waals surface area (Å²) < 4.78 is 19.6. The molecule has 0 aromatic heterocycles. The molecule has 228 valence electrons. The Morgan fingerprint density at radius 1 is 1.00 bits per heavy atom. The molecule has 1 unspecified atom stereocenters. The van der Waals surface area contributed by atoms with E-state index in [1.165, 1.54) is 29.2 Å². The smallest absolute Gasteiger partial charge is 0.243 e. The molecular formula is C31H41FN4O6. The van der Waals surface area contributed by atoms with Gasteiger partial charge in [-0.05, 0) is 74.9 Å². The summed E-state index contributed by atoms with van der Waals surface area (Å²) in [7, 11) is 1.60. The highest BCUT2D eigenvalue weighted by atomic mass is 19.1. The van der Waals surface area contributed by atoms with E-state index in [9.17, 15) is 29.0 Å². The number of nitrogens with zero attached hydrogens (tertiary/aromatic N) is 1. The highest BCUT2D eigenvalue weighted by molar-refractivity contribution is 5.92. The number of rotatable bonds is 3. The molecule has 0 radical (unpaired) electrons. The average Bonchev–Trinajstić information content (AvgIpc) is 3.80. The molecule has 1 heterocycles. The second kappa shape index (κ2) is 14.0. The number of carbonyl (C=O) groups is 3. The molecule has 11 heteroatoms. The summed E-state index contributed by atoms with van der Waals surface area (Å²) in [6, 6.07) is 8.31. The summed E-state index contributed by atoms with van der Waals surface area (Å²) in [6.45, 7) is 4.41. The zero-order valence-corrected chi connectivity index (χ0v) is 24.3. The first-order valence-electron chi connectivity index (χ1n) is 14.5. The minimum Gasteiger partial charge on any atom is -0.508 e. The maximum absolute atomic E-state index is 13.5. The van der Waals surface area contributed by atoms with Crippen molar-refractivity contribution in [3.63, 3.8) is 0 Å². The molecule has 1 aliphatic carbocycles. The van der Waals surface area contributed by atoms with Crippen molar-refractivity contribution in [3.8, 4) is 11.5 Å². The molecule has 3 amide bonds. The maximum Gasteiger partial charge on any atom is 0.243 e. The first-order chi connectivity index (χ1) is 20.0. The average molecular weight is 585 g/mol. The Labute approximate surface area is 245 Å². The van der Waals surface area contributed by atoms with Crippen LogP contribution in [0.5, 0.6) is 11.5 Å². The molecule has 0 bridgehead atoms. The van der Waals surface area contributed by atoms with Gasteiger partial charge in [0.2, 0.25) is 17.7 Å². The first kappa shape index (κ1) is 31.2. The molecule has 10 nitrogen and oxygen atoms in total. The van der Waals surface area contributed by atoms with Gasteiger partial charge in [-0.2, -0.15) is 0 Å². The van der Waals surface area contributed by atoms with Crippen LogP contribution in [0, 0.1) is 17.7 Å². The lowest BCUT2D eigenvalue weighted by Crippen LogP contribution is -2.55. The largest absolute Gasteiger partial charge is 0.508 e. The van der Waals surface area contributed by atoms with Gasteiger partial charge in [-0.3, -0.25) is 14.4 Å². The molecule has 4 rings (SSSR count). The summed E-state index contributed by atoms with van der Waals surface area (Å²) in [5.41, 5.74) is 1.02. The number of amides is 3. The van der Waals surface area contributed by atoms with Crippen molar-refractivity contribution in [2.24, 2.45) is 11.8 Å². The van der Waals surface area contributed by atoms with Crippen LogP contribution in [0.15, 0.2) is 42.5 Å². The van der Waals surface area contributed by atoms with Crippen LogP contribution < -0.4 is 20.7 Å². The second-order valence-electron chi connectivity index (χ2n) is 11.4. The number of aromatic hydroxyl groups is 1. The number of fused-ring (bicyclic) bond motifs is 1. The number of carbonyl (C=O) groups excluding carboxylic acids is 3. The maximum atomic E-state index is 13.5. The van der Waals surface area contributed by atoms with Crippen molar-refractivity contribution in [1.29, 1.82) is 0 Å². The predicted octanol–water partition coefficient (Wildman–Crippen LogP) is 2.04. The van der Waals surface area contributed by atoms with Crippen LogP contribution in [0.3, 0.4) is 0 Å². The summed E-state index contributed by atoms with van der Waals surface area (Å²) in [6.07, 6.45) is 0.728. The van der Waals surface area contributed by atoms with Gasteiger partial charge in [0.15, 0.2) is 0 Å². The Balaban J connectivity index is 1.59. The third-order valence-electron chi connectivity index (χ3n) is 8.00. The minimum absolute atomic E-state index is 0.0318. The van der Waals surface area contributed by atoms with Gasteiger partial charge in [-0.1, -0.05) is 12.1 Å². The van der Waals surface area contributed by atoms with E-state index in [-0.39, 0.29) is 49.0 Å². The van der Waals surface area contributed by atoms with E-state index in [0.29, 0.717) is 30.0 Å². The highest BCUT2D eigenvalue weighted by Gasteiger charge is 2.39. The number of benzene rings is 2. The van der Waals surface area contributed by atoms with Gasteiger partial charge in [0.1, 0.15) is 35.5 Å². The lowest BCUT2D eigenvalue weighted by atomic mass is 10.0. The van der Waals surface area contributed by atoms with Crippen LogP contribution in [0.1, 0.15) is 50.3 Å². The zero-order chi connectivity index (χ0) is 30.4. The van der Waals surface area contributed by atoms with Crippen LogP contribution in [0.25, 0.3) is 0 Å². The first-order valence-corrected chi connectivity index (χ1v) is 14.5. The molecule has 2 aromatic carbocycles. The van der Waals surface area contributed by atoms with Crippen molar-refractivity contribution in [3.05, 3.63) is 59.4 Å². The molecule has 2 aliphatic rings. The molecule has 0 saturated heterocycles. The van der Waals surface area contributed by atoms with Gasteiger partial charge < -0.3 is 35.8 Å². The number of aliphatic hydroxyl groups excluding tert-OH is 1. The number of hydrogen-bond donors (Lipinski definition) is 5. The lowest BCUT2D eigenvalue weighted by molar-refractivity contribution is -0.142. The van der Waals surface area contributed by atoms with E-state index < -0.39 is 35.8 Å². The Kier molecular flexibility index (Phi) is 10.4. The third kappa shape index (κ3) is 8.19. The van der Waals surface area contributed by atoms with Gasteiger partial charge in [0.05, 0.1) is 12.0 Å². The Morgan fingerprint density at radius 2 is 1.71 bits per heavy atom. The minimum atomic E-state index is -1.05. The monoisotopic (exact) mass is 584 g/mol. The Morgan fingerprint density at radius 3 is 2.40 bits per heavy atom. The normalized spacial score (nSPS) is 27.0. The van der Waals surface area contributed by atoms with Gasteiger partial charge in [-0.25, -0.2) is 4.39 Å². The van der Waals surface area contributed by atoms with Gasteiger partial charge in [0.25, 0.3) is 0 Å². The Hall–Kier alpha value is -3.70. The van der Waals surface area contributed by atoms with Crippen molar-refractivity contribution in [1.82, 2.24) is 20.9 Å². The van der Waals surface area contributed by atoms with Crippen molar-refractivity contribution in [2.75, 3.05) is 26.7 Å². The fourth-order valence-corrected chi connectivity index (χ4v) is 5.16. The van der Waals surface area contributed by atoms with Crippen LogP contribution >= 0.6 is 0 Å². The predicted molar refractivity (Wildman–Crippen MR) is 154 cm³/mol. The summed E-state index contributed by atoms with van der Waals surface area (Å²) in [5.74, 6) is -1.25. The fraction of sp³-hybridized carbons (Fsp3) is 0.516. The third-order valence-corrected chi connectivity index (χ3v) is 8.00. The topological polar surface area (TPSA) is 140 Å². The number of halogens is 1. The van der Waals surface area contributed by atoms with Gasteiger partial charge in [0, 0.05) is 38.7 Å². The van der Waals surface area contributed by atoms with Crippen molar-refractivity contribution < 1.29 is 33.7 Å². The number of aliphatic hydroxyl groups is 1. The van der Waals surface area contributed by atoms with Gasteiger partial charge >= 0.3 is 0 Å². The number of likely N-dealkylation sites (N-methyl/N-ethyl adjacent to an activating group) is 1. The SMILES string of the molecule is C[C@@H]1CNC[C@@H](C2CC2)C(=O)N(C)[C@H](C)C(=O)N[C@H](Cc2ccc(F)cc2)C(=O)NCCC(O)c2cc(O)ccc2O1. The molecule has 1 aliphatic heterocycles. The summed E-state index contributed by atoms with van der Waals surface area (Å²) in [4.78, 5) is 41.6. The second-order valence-corrected chi connectivity index (χ2v) is 11.4. The number of phenolic OH excluding ortho intramolecular Hbond substituents is 1. The molecule has 42 heavy (non-hydrogen) atoms. The molecule has 5 atom stereocenters. The van der Waals surface area contributed by atoms with Crippen LogP contribution in [-0.4, -0.2) is 77.7 Å². The van der Waals surface area contributed by atoms with E-state index in [2.05, 4.69) is 16.0 Å². The lowest BCUT2D eigenvalue weighted by Gasteiger charge is -2.30. The standard InChI is InChI=1S/C31H41FN4O6/c1-18-16-33-17-25(21-6-7-21)31(41)36(3)19(2)29(39)35-26(14-20-4-8-22(32)9-5-20)30(40)34-13-12-27(38)24-15-23(37)10-11-28(24)42-18/h4-5,8-11,15,18-19,21,25-27,33,37-38H,6-7,12-14,16-17H2,1-3H3,(H,34,40)(H,35,39)/t18-,19-,25+,26-,27?/m1/s1. The van der Waals surface area contributed by atoms with E-state index in [4.69, 9.17) is 4.74 Å². The molecule has 0 spiro atoms. The van der Waals surface area contributed by atoms with Crippen LogP contribution in [0.4, 0.5) is 4.39 Å². The van der Waals surface area contributed by atoms with E-state index in [1.807, 2.05) is 6.92 Å². The molecule has 5 N–H and O–H groups in total. The van der Waals surface area contributed by atoms with Crippen LogP contribution in [0.2, 0.25) is 0 Å². The fourth-order valence-electron chi connectivity index (χ4n) is 5.16. The van der Waals surface area contributed by atoms with E-state index in [0.717, 1.165) is 12.8 Å². The molecule has 1 fully saturated rings. The zero-order valence-electron chi connectivity index (χ0n) is 24.3. The number of ether oxygens (including phenoxy) is 1. The molecular weight excluding hydrogens is 543 g/mol. The molecule has 1 saturated carbocycles.